The molecule has 0 atom stereocenters. The molecule has 0 radical (unpaired) electrons. The lowest BCUT2D eigenvalue weighted by Crippen LogP contribution is -2.39. The molecule has 0 aliphatic carbocycles. The molecule has 5 nitrogen and oxygen atoms in total. The first-order chi connectivity index (χ1) is 9.26. The summed E-state index contributed by atoms with van der Waals surface area (Å²) in [4.78, 5) is 8.61. The highest BCUT2D eigenvalue weighted by atomic mass is 127. The predicted octanol–water partition coefficient (Wildman–Crippen LogP) is 2.20. The van der Waals surface area contributed by atoms with E-state index < -0.39 is 0 Å². The topological polar surface area (TPSA) is 58.5 Å². The number of hydrogen-bond donors (Lipinski definition) is 2. The van der Waals surface area contributed by atoms with Crippen molar-refractivity contribution in [2.24, 2.45) is 4.99 Å². The Morgan fingerprint density at radius 3 is 2.75 bits per heavy atom. The normalized spacial score (nSPS) is 11.1. The lowest BCUT2D eigenvalue weighted by molar-refractivity contribution is 0.152. The number of halogens is 1. The van der Waals surface area contributed by atoms with Crippen LogP contribution in [0.1, 0.15) is 24.0 Å². The van der Waals surface area contributed by atoms with Gasteiger partial charge in [0, 0.05) is 44.2 Å². The number of thiazole rings is 1. The van der Waals surface area contributed by atoms with E-state index in [1.165, 1.54) is 5.01 Å². The fraction of sp³-hybridized carbons (Fsp3) is 0.692. The molecule has 1 aromatic heterocycles. The lowest BCUT2D eigenvalue weighted by Gasteiger charge is -2.11. The Balaban J connectivity index is 0.00000361. The van der Waals surface area contributed by atoms with Crippen LogP contribution in [-0.2, 0) is 11.2 Å². The average molecular weight is 412 g/mol. The van der Waals surface area contributed by atoms with Crippen LogP contribution in [0, 0.1) is 6.92 Å². The van der Waals surface area contributed by atoms with Gasteiger partial charge in [-0.2, -0.15) is 0 Å². The Labute approximate surface area is 142 Å². The molecule has 0 bridgehead atoms. The van der Waals surface area contributed by atoms with Crippen molar-refractivity contribution in [1.82, 2.24) is 15.6 Å². The van der Waals surface area contributed by atoms with Crippen molar-refractivity contribution in [3.8, 4) is 0 Å². The number of nitrogens with zero attached hydrogens (tertiary/aromatic N) is 2. The minimum Gasteiger partial charge on any atom is -0.380 e. The van der Waals surface area contributed by atoms with Crippen LogP contribution in [0.3, 0.4) is 0 Å². The maximum absolute atomic E-state index is 5.26. The van der Waals surface area contributed by atoms with Gasteiger partial charge in [-0.1, -0.05) is 0 Å². The van der Waals surface area contributed by atoms with Gasteiger partial charge in [-0.05, 0) is 20.3 Å². The number of aromatic nitrogens is 1. The van der Waals surface area contributed by atoms with Crippen molar-refractivity contribution >= 4 is 41.3 Å². The summed E-state index contributed by atoms with van der Waals surface area (Å²) in [5.41, 5.74) is 1.11. The minimum atomic E-state index is 0. The molecule has 0 aliphatic rings. The van der Waals surface area contributed by atoms with Crippen molar-refractivity contribution in [1.29, 1.82) is 0 Å². The molecule has 2 N–H and O–H groups in total. The second-order valence-corrected chi connectivity index (χ2v) is 5.05. The molecule has 0 amide bonds. The maximum Gasteiger partial charge on any atom is 0.191 e. The van der Waals surface area contributed by atoms with Crippen LogP contribution < -0.4 is 10.6 Å². The largest absolute Gasteiger partial charge is 0.380 e. The minimum absolute atomic E-state index is 0. The number of ether oxygens (including phenoxy) is 1. The highest BCUT2D eigenvalue weighted by Gasteiger charge is 2.00. The van der Waals surface area contributed by atoms with Crippen LogP contribution in [0.5, 0.6) is 0 Å². The molecule has 0 spiro atoms. The molecule has 7 heteroatoms. The Morgan fingerprint density at radius 2 is 2.15 bits per heavy atom. The second kappa shape index (κ2) is 12.3. The molecular weight excluding hydrogens is 387 g/mol. The third-order valence-corrected chi connectivity index (χ3v) is 3.52. The molecule has 0 fully saturated rings. The van der Waals surface area contributed by atoms with E-state index in [1.807, 2.05) is 13.8 Å². The fourth-order valence-corrected chi connectivity index (χ4v) is 2.39. The van der Waals surface area contributed by atoms with Gasteiger partial charge in [0.2, 0.25) is 0 Å². The molecule has 1 heterocycles. The summed E-state index contributed by atoms with van der Waals surface area (Å²) in [7, 11) is 1.78. The van der Waals surface area contributed by atoms with Crippen LogP contribution in [0.15, 0.2) is 10.4 Å². The van der Waals surface area contributed by atoms with Crippen molar-refractivity contribution < 1.29 is 4.74 Å². The van der Waals surface area contributed by atoms with Gasteiger partial charge in [-0.15, -0.1) is 35.3 Å². The number of rotatable bonds is 8. The summed E-state index contributed by atoms with van der Waals surface area (Å²) >= 11 is 1.73. The molecule has 0 unspecified atom stereocenters. The van der Waals surface area contributed by atoms with Crippen LogP contribution in [0.25, 0.3) is 0 Å². The highest BCUT2D eigenvalue weighted by Crippen LogP contribution is 2.10. The smallest absolute Gasteiger partial charge is 0.191 e. The van der Waals surface area contributed by atoms with E-state index in [2.05, 4.69) is 26.0 Å². The molecule has 0 aromatic carbocycles. The maximum atomic E-state index is 5.26. The summed E-state index contributed by atoms with van der Waals surface area (Å²) in [5, 5.41) is 9.79. The first-order valence-corrected chi connectivity index (χ1v) is 7.57. The summed E-state index contributed by atoms with van der Waals surface area (Å²) < 4.78 is 5.26. The van der Waals surface area contributed by atoms with E-state index in [0.29, 0.717) is 6.61 Å². The SMILES string of the molecule is CCOCCNC(=NC)NCCCc1nc(C)cs1.I. The summed E-state index contributed by atoms with van der Waals surface area (Å²) in [6.45, 7) is 7.15. The van der Waals surface area contributed by atoms with E-state index in [0.717, 1.165) is 44.2 Å². The Hall–Kier alpha value is -0.410. The van der Waals surface area contributed by atoms with E-state index in [1.54, 1.807) is 18.4 Å². The molecule has 0 aliphatic heterocycles. The van der Waals surface area contributed by atoms with Crippen LogP contribution in [0.2, 0.25) is 0 Å². The highest BCUT2D eigenvalue weighted by molar-refractivity contribution is 14.0. The second-order valence-electron chi connectivity index (χ2n) is 4.11. The van der Waals surface area contributed by atoms with Gasteiger partial charge in [0.05, 0.1) is 11.6 Å². The van der Waals surface area contributed by atoms with Gasteiger partial charge in [-0.3, -0.25) is 4.99 Å². The van der Waals surface area contributed by atoms with Gasteiger partial charge in [0.25, 0.3) is 0 Å². The van der Waals surface area contributed by atoms with E-state index >= 15 is 0 Å². The Morgan fingerprint density at radius 1 is 1.40 bits per heavy atom. The van der Waals surface area contributed by atoms with Crippen molar-refractivity contribution in [2.45, 2.75) is 26.7 Å². The third kappa shape index (κ3) is 8.70. The number of aliphatic imine (C=N–C) groups is 1. The molecular formula is C13H25IN4OS. The van der Waals surface area contributed by atoms with Crippen LogP contribution >= 0.6 is 35.3 Å². The number of hydrogen-bond acceptors (Lipinski definition) is 4. The third-order valence-electron chi connectivity index (χ3n) is 2.49. The lowest BCUT2D eigenvalue weighted by atomic mass is 10.3. The summed E-state index contributed by atoms with van der Waals surface area (Å²) in [6, 6.07) is 0. The van der Waals surface area contributed by atoms with Gasteiger partial charge >= 0.3 is 0 Å². The molecule has 1 rings (SSSR count). The number of guanidine groups is 1. The Kier molecular flexibility index (Phi) is 12.1. The van der Waals surface area contributed by atoms with Crippen molar-refractivity contribution in [3.05, 3.63) is 16.1 Å². The Bertz CT molecular complexity index is 384. The standard InChI is InChI=1S/C13H24N4OS.HI/c1-4-18-9-8-16-13(14-3)15-7-5-6-12-17-11(2)10-19-12;/h10H,4-9H2,1-3H3,(H2,14,15,16);1H. The zero-order valence-corrected chi connectivity index (χ0v) is 15.6. The number of aryl methyl sites for hydroxylation is 2. The van der Waals surface area contributed by atoms with Gasteiger partial charge in [0.1, 0.15) is 0 Å². The molecule has 0 saturated carbocycles. The average Bonchev–Trinajstić information content (AvgIpc) is 2.82. The first kappa shape index (κ1) is 19.6. The molecule has 0 saturated heterocycles. The van der Waals surface area contributed by atoms with Gasteiger partial charge < -0.3 is 15.4 Å². The quantitative estimate of drug-likeness (QED) is 0.298. The molecule has 116 valence electrons. The summed E-state index contributed by atoms with van der Waals surface area (Å²) in [5.74, 6) is 0.829. The summed E-state index contributed by atoms with van der Waals surface area (Å²) in [6.07, 6.45) is 2.07. The van der Waals surface area contributed by atoms with Gasteiger partial charge in [0.15, 0.2) is 5.96 Å². The number of nitrogens with one attached hydrogen (secondary N) is 2. The van der Waals surface area contributed by atoms with E-state index in [-0.39, 0.29) is 24.0 Å². The van der Waals surface area contributed by atoms with Crippen LogP contribution in [0.4, 0.5) is 0 Å². The zero-order valence-electron chi connectivity index (χ0n) is 12.4. The zero-order chi connectivity index (χ0) is 13.9. The van der Waals surface area contributed by atoms with E-state index in [4.69, 9.17) is 4.74 Å². The monoisotopic (exact) mass is 412 g/mol. The molecule has 1 aromatic rings. The first-order valence-electron chi connectivity index (χ1n) is 6.69. The van der Waals surface area contributed by atoms with Gasteiger partial charge in [-0.25, -0.2) is 4.98 Å². The van der Waals surface area contributed by atoms with Crippen LogP contribution in [-0.4, -0.2) is 44.3 Å². The fourth-order valence-electron chi connectivity index (χ4n) is 1.57. The molecule has 20 heavy (non-hydrogen) atoms. The van der Waals surface area contributed by atoms with Crippen molar-refractivity contribution in [3.63, 3.8) is 0 Å². The van der Waals surface area contributed by atoms with E-state index in [9.17, 15) is 0 Å². The predicted molar refractivity (Wildman–Crippen MR) is 96.4 cm³/mol. The van der Waals surface area contributed by atoms with Crippen molar-refractivity contribution in [2.75, 3.05) is 33.4 Å².